The highest BCUT2D eigenvalue weighted by molar-refractivity contribution is 8.00. The predicted molar refractivity (Wildman–Crippen MR) is 75.2 cm³/mol. The van der Waals surface area contributed by atoms with Gasteiger partial charge in [-0.3, -0.25) is 0 Å². The van der Waals surface area contributed by atoms with E-state index < -0.39 is 4.99 Å². The molecule has 0 aromatic carbocycles. The molecule has 2 N–H and O–H groups in total. The fraction of sp³-hybridized carbons (Fsp3) is 0.455. The summed E-state index contributed by atoms with van der Waals surface area (Å²) in [6.07, 6.45) is 7.44. The standard InChI is InChI=1S/C11H15N5S/c1-7(2)4-5-11(17-3)15-9(12)8-10(16-11)14-6-13-8/h4-7H,1-3H3,(H2,12,15). The summed E-state index contributed by atoms with van der Waals surface area (Å²) >= 11 is 1.52. The molecular formula is C11H15N5S. The van der Waals surface area contributed by atoms with Gasteiger partial charge in [-0.2, -0.15) is 0 Å². The number of hydrogen-bond acceptors (Lipinski definition) is 6. The molecule has 6 heteroatoms. The summed E-state index contributed by atoms with van der Waals surface area (Å²) in [5, 5.41) is 0. The highest BCUT2D eigenvalue weighted by Gasteiger charge is 2.33. The highest BCUT2D eigenvalue weighted by Crippen LogP contribution is 2.31. The molecule has 0 amide bonds. The van der Waals surface area contributed by atoms with Crippen LogP contribution in [0.25, 0.3) is 0 Å². The van der Waals surface area contributed by atoms with Gasteiger partial charge in [-0.05, 0) is 18.2 Å². The Morgan fingerprint density at radius 3 is 2.82 bits per heavy atom. The van der Waals surface area contributed by atoms with Crippen LogP contribution in [-0.4, -0.2) is 35.0 Å². The van der Waals surface area contributed by atoms with Crippen LogP contribution in [-0.2, 0) is 0 Å². The first-order chi connectivity index (χ1) is 8.06. The van der Waals surface area contributed by atoms with Crippen LogP contribution in [0.15, 0.2) is 32.1 Å². The fourth-order valence-corrected chi connectivity index (χ4v) is 2.06. The Labute approximate surface area is 105 Å². The van der Waals surface area contributed by atoms with E-state index in [-0.39, 0.29) is 0 Å². The molecule has 2 aliphatic heterocycles. The number of fused-ring (bicyclic) bond motifs is 1. The van der Waals surface area contributed by atoms with Gasteiger partial charge in [-0.1, -0.05) is 19.9 Å². The van der Waals surface area contributed by atoms with Crippen molar-refractivity contribution in [1.29, 1.82) is 0 Å². The van der Waals surface area contributed by atoms with Crippen molar-refractivity contribution in [2.45, 2.75) is 18.8 Å². The third-order valence-electron chi connectivity index (χ3n) is 2.37. The van der Waals surface area contributed by atoms with Crippen molar-refractivity contribution in [2.24, 2.45) is 31.6 Å². The summed E-state index contributed by atoms with van der Waals surface area (Å²) < 4.78 is 0. The summed E-state index contributed by atoms with van der Waals surface area (Å²) in [6.45, 7) is 4.21. The SMILES string of the molecule is CSC1(C=CC(C)C)N=C(N)C2=NC=NC2=N1. The zero-order valence-electron chi connectivity index (χ0n) is 10.1. The predicted octanol–water partition coefficient (Wildman–Crippen LogP) is 1.47. The third-order valence-corrected chi connectivity index (χ3v) is 3.29. The van der Waals surface area contributed by atoms with Crippen LogP contribution in [0.3, 0.4) is 0 Å². The lowest BCUT2D eigenvalue weighted by Gasteiger charge is -2.24. The zero-order valence-corrected chi connectivity index (χ0v) is 10.9. The van der Waals surface area contributed by atoms with E-state index in [9.17, 15) is 0 Å². The fourth-order valence-electron chi connectivity index (χ4n) is 1.48. The topological polar surface area (TPSA) is 75.5 Å². The lowest BCUT2D eigenvalue weighted by Crippen LogP contribution is -2.38. The maximum Gasteiger partial charge on any atom is 0.220 e. The van der Waals surface area contributed by atoms with Gasteiger partial charge in [0.2, 0.25) is 4.99 Å². The van der Waals surface area contributed by atoms with Crippen LogP contribution in [0.5, 0.6) is 0 Å². The van der Waals surface area contributed by atoms with Crippen molar-refractivity contribution in [3.8, 4) is 0 Å². The molecule has 0 spiro atoms. The Bertz CT molecular complexity index is 472. The van der Waals surface area contributed by atoms with Crippen LogP contribution >= 0.6 is 11.8 Å². The van der Waals surface area contributed by atoms with Crippen LogP contribution in [0.1, 0.15) is 13.8 Å². The highest BCUT2D eigenvalue weighted by atomic mass is 32.2. The van der Waals surface area contributed by atoms with E-state index in [1.54, 1.807) is 0 Å². The van der Waals surface area contributed by atoms with Crippen LogP contribution < -0.4 is 5.73 Å². The Balaban J connectivity index is 2.40. The lowest BCUT2D eigenvalue weighted by molar-refractivity contribution is 0.768. The van der Waals surface area contributed by atoms with Gasteiger partial charge in [0.25, 0.3) is 0 Å². The number of hydrogen-bond donors (Lipinski definition) is 1. The summed E-state index contributed by atoms with van der Waals surface area (Å²) in [6, 6.07) is 0. The third kappa shape index (κ3) is 2.31. The van der Waals surface area contributed by atoms with E-state index in [0.717, 1.165) is 0 Å². The molecule has 5 nitrogen and oxygen atoms in total. The second-order valence-electron chi connectivity index (χ2n) is 4.12. The Hall–Kier alpha value is -1.43. The minimum absolute atomic E-state index is 0.398. The largest absolute Gasteiger partial charge is 0.382 e. The molecule has 0 fully saturated rings. The number of aliphatic imine (C=N–C) groups is 4. The van der Waals surface area contributed by atoms with Gasteiger partial charge in [-0.25, -0.2) is 20.0 Å². The van der Waals surface area contributed by atoms with Crippen LogP contribution in [0.4, 0.5) is 0 Å². The van der Waals surface area contributed by atoms with Gasteiger partial charge in [-0.15, -0.1) is 11.8 Å². The van der Waals surface area contributed by atoms with Gasteiger partial charge in [0.05, 0.1) is 0 Å². The van der Waals surface area contributed by atoms with Crippen LogP contribution in [0.2, 0.25) is 0 Å². The molecule has 90 valence electrons. The van der Waals surface area contributed by atoms with E-state index in [1.807, 2.05) is 12.3 Å². The summed E-state index contributed by atoms with van der Waals surface area (Å²) in [7, 11) is 0. The average Bonchev–Trinajstić information content (AvgIpc) is 2.75. The first-order valence-corrected chi connectivity index (χ1v) is 6.59. The second kappa shape index (κ2) is 4.44. The lowest BCUT2D eigenvalue weighted by atomic mass is 10.2. The Morgan fingerprint density at radius 2 is 2.18 bits per heavy atom. The molecule has 0 aliphatic carbocycles. The summed E-state index contributed by atoms with van der Waals surface area (Å²) in [4.78, 5) is 16.4. The number of rotatable bonds is 3. The second-order valence-corrected chi connectivity index (χ2v) is 5.13. The molecular weight excluding hydrogens is 234 g/mol. The molecule has 0 aromatic rings. The van der Waals surface area contributed by atoms with Crippen molar-refractivity contribution >= 4 is 35.5 Å². The maximum atomic E-state index is 5.89. The van der Waals surface area contributed by atoms with Gasteiger partial charge in [0.1, 0.15) is 6.34 Å². The van der Waals surface area contributed by atoms with E-state index in [0.29, 0.717) is 23.3 Å². The molecule has 0 saturated carbocycles. The molecule has 0 aromatic heterocycles. The molecule has 1 unspecified atom stereocenters. The van der Waals surface area contributed by atoms with E-state index in [1.165, 1.54) is 18.1 Å². The van der Waals surface area contributed by atoms with Gasteiger partial charge >= 0.3 is 0 Å². The number of thioether (sulfide) groups is 1. The van der Waals surface area contributed by atoms with E-state index >= 15 is 0 Å². The zero-order chi connectivity index (χ0) is 12.5. The van der Waals surface area contributed by atoms with Crippen molar-refractivity contribution in [2.75, 3.05) is 6.26 Å². The normalized spacial score (nSPS) is 27.2. The average molecular weight is 249 g/mol. The molecule has 0 radical (unpaired) electrons. The molecule has 1 atom stereocenters. The number of amidine groups is 2. The van der Waals surface area contributed by atoms with Gasteiger partial charge < -0.3 is 5.73 Å². The maximum absolute atomic E-state index is 5.89. The first-order valence-electron chi connectivity index (χ1n) is 5.37. The summed E-state index contributed by atoms with van der Waals surface area (Å²) in [5.41, 5.74) is 6.47. The van der Waals surface area contributed by atoms with Crippen molar-refractivity contribution in [3.63, 3.8) is 0 Å². The van der Waals surface area contributed by atoms with Crippen molar-refractivity contribution in [3.05, 3.63) is 12.2 Å². The molecule has 2 rings (SSSR count). The minimum Gasteiger partial charge on any atom is -0.382 e. The van der Waals surface area contributed by atoms with Gasteiger partial charge in [0, 0.05) is 0 Å². The van der Waals surface area contributed by atoms with Crippen LogP contribution in [0, 0.1) is 5.92 Å². The summed E-state index contributed by atoms with van der Waals surface area (Å²) in [5.74, 6) is 1.41. The van der Waals surface area contributed by atoms with E-state index in [4.69, 9.17) is 5.73 Å². The van der Waals surface area contributed by atoms with Crippen molar-refractivity contribution < 1.29 is 0 Å². The number of nitrogens with zero attached hydrogens (tertiary/aromatic N) is 4. The molecule has 2 heterocycles. The monoisotopic (exact) mass is 249 g/mol. The number of allylic oxidation sites excluding steroid dienone is 1. The Morgan fingerprint density at radius 1 is 1.41 bits per heavy atom. The molecule has 2 aliphatic rings. The van der Waals surface area contributed by atoms with Crippen molar-refractivity contribution in [1.82, 2.24) is 0 Å². The number of nitrogens with two attached hydrogens (primary N) is 1. The smallest absolute Gasteiger partial charge is 0.220 e. The quantitative estimate of drug-likeness (QED) is 0.769. The molecule has 17 heavy (non-hydrogen) atoms. The minimum atomic E-state index is -0.690. The van der Waals surface area contributed by atoms with E-state index in [2.05, 4.69) is 39.9 Å². The first kappa shape index (κ1) is 12.0. The molecule has 0 bridgehead atoms. The Kier molecular flexibility index (Phi) is 3.15. The molecule has 0 saturated heterocycles. The van der Waals surface area contributed by atoms with Gasteiger partial charge in [0.15, 0.2) is 17.4 Å².